The van der Waals surface area contributed by atoms with E-state index in [0.29, 0.717) is 6.42 Å². The third-order valence-corrected chi connectivity index (χ3v) is 2.83. The van der Waals surface area contributed by atoms with E-state index >= 15 is 0 Å². The van der Waals surface area contributed by atoms with Gasteiger partial charge in [0.25, 0.3) is 0 Å². The molecule has 0 aliphatic carbocycles. The number of carbonyl (C=O) groups is 1. The fraction of sp³-hybridized carbons (Fsp3) is 0.438. The monoisotopic (exact) mass is 302 g/mol. The molecule has 2 aromatic rings. The van der Waals surface area contributed by atoms with Gasteiger partial charge in [-0.3, -0.25) is 0 Å². The van der Waals surface area contributed by atoms with Crippen molar-refractivity contribution in [1.29, 1.82) is 0 Å². The lowest BCUT2D eigenvalue weighted by molar-refractivity contribution is 0.0509. The first-order valence-electron chi connectivity index (χ1n) is 7.29. The second-order valence-electron chi connectivity index (χ2n) is 6.21. The van der Waals surface area contributed by atoms with Crippen molar-refractivity contribution in [1.82, 2.24) is 19.9 Å². The van der Waals surface area contributed by atoms with Gasteiger partial charge in [-0.2, -0.15) is 5.10 Å². The van der Waals surface area contributed by atoms with Gasteiger partial charge >= 0.3 is 6.09 Å². The first kappa shape index (κ1) is 16.0. The smallest absolute Gasteiger partial charge is 0.407 e. The van der Waals surface area contributed by atoms with Crippen molar-refractivity contribution >= 4 is 17.8 Å². The molecule has 0 bridgehead atoms. The summed E-state index contributed by atoms with van der Waals surface area (Å²) < 4.78 is 6.94. The van der Waals surface area contributed by atoms with Gasteiger partial charge < -0.3 is 10.1 Å². The molecule has 0 saturated heterocycles. The van der Waals surface area contributed by atoms with E-state index in [0.717, 1.165) is 11.2 Å². The summed E-state index contributed by atoms with van der Waals surface area (Å²) in [5.74, 6) is 0. The van der Waals surface area contributed by atoms with Crippen LogP contribution in [0.4, 0.5) is 4.79 Å². The molecule has 6 nitrogen and oxygen atoms in total. The highest BCUT2D eigenvalue weighted by Gasteiger charge is 2.17. The van der Waals surface area contributed by atoms with Crippen LogP contribution in [0.1, 0.15) is 39.7 Å². The van der Waals surface area contributed by atoms with E-state index in [9.17, 15) is 4.79 Å². The van der Waals surface area contributed by atoms with Crippen molar-refractivity contribution < 1.29 is 9.53 Å². The molecule has 2 rings (SSSR count). The summed E-state index contributed by atoms with van der Waals surface area (Å²) in [5, 5.41) is 6.95. The lowest BCUT2D eigenvalue weighted by atomic mass is 10.2. The lowest BCUT2D eigenvalue weighted by Crippen LogP contribution is -2.37. The number of ether oxygens (including phenoxy) is 1. The zero-order chi connectivity index (χ0) is 16.2. The summed E-state index contributed by atoms with van der Waals surface area (Å²) >= 11 is 0. The molecule has 0 radical (unpaired) electrons. The van der Waals surface area contributed by atoms with E-state index in [1.165, 1.54) is 0 Å². The number of hydrogen-bond acceptors (Lipinski definition) is 4. The van der Waals surface area contributed by atoms with Crippen LogP contribution in [-0.4, -0.2) is 32.3 Å². The summed E-state index contributed by atoms with van der Waals surface area (Å²) in [5.41, 5.74) is 1.29. The highest BCUT2D eigenvalue weighted by molar-refractivity contribution is 5.68. The molecule has 0 unspecified atom stereocenters. The predicted molar refractivity (Wildman–Crippen MR) is 85.5 cm³/mol. The van der Waals surface area contributed by atoms with Gasteiger partial charge in [-0.25, -0.2) is 14.3 Å². The summed E-state index contributed by atoms with van der Waals surface area (Å²) in [6.07, 6.45) is 9.67. The number of nitrogens with zero attached hydrogens (tertiary/aromatic N) is 3. The first-order chi connectivity index (χ1) is 10.3. The summed E-state index contributed by atoms with van der Waals surface area (Å²) in [6, 6.07) is 1.84. The Morgan fingerprint density at radius 2 is 2.27 bits per heavy atom. The number of amides is 1. The van der Waals surface area contributed by atoms with Gasteiger partial charge in [0.15, 0.2) is 5.65 Å². The van der Waals surface area contributed by atoms with E-state index in [1.54, 1.807) is 16.9 Å². The van der Waals surface area contributed by atoms with E-state index in [4.69, 9.17) is 4.74 Å². The third kappa shape index (κ3) is 4.87. The second kappa shape index (κ2) is 6.60. The summed E-state index contributed by atoms with van der Waals surface area (Å²) in [7, 11) is 0. The van der Waals surface area contributed by atoms with Gasteiger partial charge in [0, 0.05) is 30.1 Å². The minimum atomic E-state index is -0.482. The van der Waals surface area contributed by atoms with Crippen molar-refractivity contribution in [3.63, 3.8) is 0 Å². The van der Waals surface area contributed by atoms with Gasteiger partial charge in [-0.1, -0.05) is 12.2 Å². The van der Waals surface area contributed by atoms with E-state index in [2.05, 4.69) is 15.4 Å². The number of aromatic nitrogens is 3. The zero-order valence-corrected chi connectivity index (χ0v) is 13.4. The number of nitrogens with one attached hydrogen (secondary N) is 1. The van der Waals surface area contributed by atoms with Gasteiger partial charge in [-0.05, 0) is 34.1 Å². The fourth-order valence-electron chi connectivity index (χ4n) is 1.89. The van der Waals surface area contributed by atoms with Gasteiger partial charge in [-0.15, -0.1) is 0 Å². The van der Waals surface area contributed by atoms with Crippen LogP contribution in [0.15, 0.2) is 30.7 Å². The molecule has 0 aliphatic rings. The Bertz CT molecular complexity index is 670. The maximum atomic E-state index is 11.6. The Balaban J connectivity index is 1.84. The van der Waals surface area contributed by atoms with Crippen molar-refractivity contribution in [3.8, 4) is 0 Å². The molecule has 0 aliphatic heterocycles. The number of carbonyl (C=O) groups excluding carboxylic acids is 1. The summed E-state index contributed by atoms with van der Waals surface area (Å²) in [6.45, 7) is 7.46. The molecule has 22 heavy (non-hydrogen) atoms. The quantitative estimate of drug-likeness (QED) is 0.942. The van der Waals surface area contributed by atoms with Gasteiger partial charge in [0.2, 0.25) is 0 Å². The van der Waals surface area contributed by atoms with Crippen LogP contribution in [0.2, 0.25) is 0 Å². The van der Waals surface area contributed by atoms with E-state index in [-0.39, 0.29) is 6.04 Å². The van der Waals surface area contributed by atoms with Crippen molar-refractivity contribution in [3.05, 3.63) is 36.3 Å². The average Bonchev–Trinajstić information content (AvgIpc) is 2.83. The van der Waals surface area contributed by atoms with E-state index in [1.807, 2.05) is 52.1 Å². The lowest BCUT2D eigenvalue weighted by Gasteiger charge is -2.21. The standard InChI is InChI=1S/C16H22N4O2/c1-12(19-15(21)22-16(2,3)4)6-5-7-13-10-17-14-8-9-18-20(14)11-13/h5,7-12H,6H2,1-4H3,(H,19,21)/b7-5+/t12-/m0/s1. The molecule has 2 heterocycles. The Kier molecular flexibility index (Phi) is 4.80. The molecule has 0 saturated carbocycles. The Morgan fingerprint density at radius 1 is 1.50 bits per heavy atom. The predicted octanol–water partition coefficient (Wildman–Crippen LogP) is 3.05. The number of alkyl carbamates (subject to hydrolysis) is 1. The molecule has 1 atom stereocenters. The normalized spacial score (nSPS) is 13.5. The SMILES string of the molecule is C[C@@H](C/C=C/c1cnc2ccnn2c1)NC(=O)OC(C)(C)C. The van der Waals surface area contributed by atoms with Crippen LogP contribution < -0.4 is 5.32 Å². The molecule has 0 aromatic carbocycles. The van der Waals surface area contributed by atoms with Crippen LogP contribution in [0.25, 0.3) is 11.7 Å². The Morgan fingerprint density at radius 3 is 3.00 bits per heavy atom. The molecule has 118 valence electrons. The second-order valence-corrected chi connectivity index (χ2v) is 6.21. The largest absolute Gasteiger partial charge is 0.444 e. The van der Waals surface area contributed by atoms with Gasteiger partial charge in [0.1, 0.15) is 5.60 Å². The Labute approximate surface area is 130 Å². The van der Waals surface area contributed by atoms with Crippen molar-refractivity contribution in [2.75, 3.05) is 0 Å². The number of hydrogen-bond donors (Lipinski definition) is 1. The molecule has 0 spiro atoms. The first-order valence-corrected chi connectivity index (χ1v) is 7.29. The minimum absolute atomic E-state index is 0.00695. The summed E-state index contributed by atoms with van der Waals surface area (Å²) in [4.78, 5) is 15.9. The highest BCUT2D eigenvalue weighted by Crippen LogP contribution is 2.08. The minimum Gasteiger partial charge on any atom is -0.444 e. The van der Waals surface area contributed by atoms with Crippen molar-refractivity contribution in [2.24, 2.45) is 0 Å². The molecular weight excluding hydrogens is 280 g/mol. The topological polar surface area (TPSA) is 68.5 Å². The molecule has 0 fully saturated rings. The molecular formula is C16H22N4O2. The number of fused-ring (bicyclic) bond motifs is 1. The molecule has 1 amide bonds. The fourth-order valence-corrected chi connectivity index (χ4v) is 1.89. The molecule has 2 aromatic heterocycles. The maximum Gasteiger partial charge on any atom is 0.407 e. The highest BCUT2D eigenvalue weighted by atomic mass is 16.6. The molecule has 6 heteroatoms. The molecule has 1 N–H and O–H groups in total. The Hall–Kier alpha value is -2.37. The third-order valence-electron chi connectivity index (χ3n) is 2.83. The van der Waals surface area contributed by atoms with Crippen LogP contribution in [0, 0.1) is 0 Å². The van der Waals surface area contributed by atoms with Crippen LogP contribution >= 0.6 is 0 Å². The van der Waals surface area contributed by atoms with Crippen LogP contribution in [0.5, 0.6) is 0 Å². The average molecular weight is 302 g/mol. The maximum absolute atomic E-state index is 11.6. The van der Waals surface area contributed by atoms with Gasteiger partial charge in [0.05, 0.1) is 6.20 Å². The number of rotatable bonds is 4. The van der Waals surface area contributed by atoms with Crippen molar-refractivity contribution in [2.45, 2.75) is 45.8 Å². The zero-order valence-electron chi connectivity index (χ0n) is 13.4. The van der Waals surface area contributed by atoms with Crippen LogP contribution in [0.3, 0.4) is 0 Å². The van der Waals surface area contributed by atoms with E-state index < -0.39 is 11.7 Å². The van der Waals surface area contributed by atoms with Crippen LogP contribution in [-0.2, 0) is 4.74 Å².